The van der Waals surface area contributed by atoms with Crippen LogP contribution in [-0.2, 0) is 22.6 Å². The van der Waals surface area contributed by atoms with Crippen LogP contribution < -0.4 is 21.5 Å². The number of amides is 2. The quantitative estimate of drug-likeness (QED) is 0.213. The van der Waals surface area contributed by atoms with Crippen LogP contribution in [0, 0.1) is 5.92 Å². The van der Waals surface area contributed by atoms with E-state index in [9.17, 15) is 29.7 Å². The van der Waals surface area contributed by atoms with E-state index >= 15 is 0 Å². The number of carbonyl (C=O) groups excluding carboxylic acids is 2. The number of aryl methyl sites for hydroxylation is 1. The van der Waals surface area contributed by atoms with Crippen LogP contribution in [0.1, 0.15) is 30.1 Å². The Morgan fingerprint density at radius 1 is 1.22 bits per heavy atom. The summed E-state index contributed by atoms with van der Waals surface area (Å²) in [5.74, 6) is -1.20. The van der Waals surface area contributed by atoms with Crippen molar-refractivity contribution in [3.63, 3.8) is 0 Å². The van der Waals surface area contributed by atoms with Gasteiger partial charge < -0.3 is 39.8 Å². The second kappa shape index (κ2) is 10.1. The van der Waals surface area contributed by atoms with Crippen LogP contribution in [0.25, 0.3) is 10.9 Å². The first-order chi connectivity index (χ1) is 17.1. The fourth-order valence-corrected chi connectivity index (χ4v) is 3.81. The number of nitrogens with one attached hydrogen (secondary N) is 3. The molecule has 0 bridgehead atoms. The highest BCUT2D eigenvalue weighted by Crippen LogP contribution is 2.32. The predicted octanol–water partition coefficient (Wildman–Crippen LogP) is 0.274. The normalized spacial score (nSPS) is 13.6. The van der Waals surface area contributed by atoms with E-state index in [2.05, 4.69) is 15.6 Å². The molecule has 3 heterocycles. The molecule has 192 valence electrons. The molecular weight excluding hydrogens is 472 g/mol. The maximum Gasteiger partial charge on any atom is 0.369 e. The monoisotopic (exact) mass is 500 g/mol. The van der Waals surface area contributed by atoms with Crippen LogP contribution in [0.5, 0.6) is 0 Å². The van der Waals surface area contributed by atoms with Gasteiger partial charge in [-0.25, -0.2) is 4.98 Å². The van der Waals surface area contributed by atoms with Crippen molar-refractivity contribution < 1.29 is 29.6 Å². The average molecular weight is 501 g/mol. The third kappa shape index (κ3) is 5.54. The molecule has 3 aromatic heterocycles. The smallest absolute Gasteiger partial charge is 0.369 e. The molecule has 36 heavy (non-hydrogen) atoms. The van der Waals surface area contributed by atoms with Crippen molar-refractivity contribution in [2.24, 2.45) is 5.92 Å². The van der Waals surface area contributed by atoms with Crippen molar-refractivity contribution >= 4 is 39.9 Å². The number of anilines is 3. The molecule has 4 rings (SSSR count). The van der Waals surface area contributed by atoms with Gasteiger partial charge in [-0.05, 0) is 25.8 Å². The van der Waals surface area contributed by atoms with Gasteiger partial charge in [-0.15, -0.1) is 0 Å². The Labute approximate surface area is 205 Å². The number of aliphatic hydroxyl groups is 3. The van der Waals surface area contributed by atoms with Gasteiger partial charge >= 0.3 is 6.10 Å². The number of hydrogen-bond acceptors (Lipinski definition) is 9. The third-order valence-electron chi connectivity index (χ3n) is 5.78. The minimum atomic E-state index is -3.46. The summed E-state index contributed by atoms with van der Waals surface area (Å²) in [6, 6.07) is 3.20. The zero-order chi connectivity index (χ0) is 26.0. The van der Waals surface area contributed by atoms with Crippen LogP contribution >= 0.6 is 0 Å². The molecule has 3 aromatic rings. The predicted molar refractivity (Wildman–Crippen MR) is 129 cm³/mol. The van der Waals surface area contributed by atoms with Crippen molar-refractivity contribution in [1.82, 2.24) is 19.4 Å². The van der Waals surface area contributed by atoms with Gasteiger partial charge in [-0.2, -0.15) is 0 Å². The van der Waals surface area contributed by atoms with Gasteiger partial charge in [-0.3, -0.25) is 19.7 Å². The van der Waals surface area contributed by atoms with Crippen molar-refractivity contribution in [1.29, 1.82) is 0 Å². The molecule has 2 amide bonds. The maximum absolute atomic E-state index is 13.2. The number of aromatic nitrogens is 3. The summed E-state index contributed by atoms with van der Waals surface area (Å²) in [6.07, 6.45) is 2.61. The summed E-state index contributed by atoms with van der Waals surface area (Å²) in [6.45, 7) is 3.14. The lowest BCUT2D eigenvalue weighted by molar-refractivity contribution is -0.323. The van der Waals surface area contributed by atoms with E-state index in [1.54, 1.807) is 30.9 Å². The molecular formula is C23H28N6O7. The van der Waals surface area contributed by atoms with Crippen molar-refractivity contribution in [2.75, 3.05) is 24.4 Å². The fourth-order valence-electron chi connectivity index (χ4n) is 3.81. The first-order valence-corrected chi connectivity index (χ1v) is 11.4. The highest BCUT2D eigenvalue weighted by molar-refractivity contribution is 6.03. The summed E-state index contributed by atoms with van der Waals surface area (Å²) < 4.78 is 8.54. The lowest BCUT2D eigenvalue weighted by Crippen LogP contribution is -2.48. The molecule has 1 saturated carbocycles. The first kappa shape index (κ1) is 25.3. The molecule has 13 heteroatoms. The first-order valence-electron chi connectivity index (χ1n) is 11.4. The Balaban J connectivity index is 1.79. The topological polar surface area (TPSA) is 180 Å². The summed E-state index contributed by atoms with van der Waals surface area (Å²) in [7, 11) is 1.57. The standard InChI is InChI=1S/C23H28N6O7/c1-3-28-7-6-17-19(22(28)32)16(12-29(17)8-9-36-2)25-15-10-18(26-20(30)13-4-5-13)24-11-14(15)21(31)27-23(33,34)35/h6-7,10-13,33-35H,3-5,8-9H2,1-2H3,(H,27,31)(H2,24,25,26,30). The van der Waals surface area contributed by atoms with Gasteiger partial charge in [0.2, 0.25) is 5.91 Å². The molecule has 0 atom stereocenters. The molecule has 0 saturated heterocycles. The van der Waals surface area contributed by atoms with Crippen molar-refractivity contribution in [3.8, 4) is 0 Å². The molecule has 1 aliphatic carbocycles. The van der Waals surface area contributed by atoms with E-state index in [4.69, 9.17) is 4.74 Å². The fraction of sp³-hybridized carbons (Fsp3) is 0.391. The van der Waals surface area contributed by atoms with Gasteiger partial charge in [0.05, 0.1) is 34.4 Å². The molecule has 0 aliphatic heterocycles. The van der Waals surface area contributed by atoms with E-state index in [1.807, 2.05) is 11.5 Å². The van der Waals surface area contributed by atoms with Gasteiger partial charge in [-0.1, -0.05) is 0 Å². The number of pyridine rings is 2. The molecule has 0 spiro atoms. The Morgan fingerprint density at radius 2 is 1.97 bits per heavy atom. The van der Waals surface area contributed by atoms with Crippen LogP contribution in [-0.4, -0.2) is 61.1 Å². The summed E-state index contributed by atoms with van der Waals surface area (Å²) in [4.78, 5) is 42.1. The highest BCUT2D eigenvalue weighted by Gasteiger charge is 2.30. The van der Waals surface area contributed by atoms with Gasteiger partial charge in [0, 0.05) is 50.8 Å². The van der Waals surface area contributed by atoms with Gasteiger partial charge in [0.25, 0.3) is 11.5 Å². The number of fused-ring (bicyclic) bond motifs is 1. The number of ether oxygens (including phenoxy) is 1. The number of rotatable bonds is 10. The minimum Gasteiger partial charge on any atom is -0.383 e. The van der Waals surface area contributed by atoms with Crippen LogP contribution in [0.3, 0.4) is 0 Å². The Bertz CT molecular complexity index is 1350. The largest absolute Gasteiger partial charge is 0.383 e. The number of nitrogens with zero attached hydrogens (tertiary/aromatic N) is 3. The van der Waals surface area contributed by atoms with E-state index in [-0.39, 0.29) is 34.5 Å². The van der Waals surface area contributed by atoms with Crippen LogP contribution in [0.4, 0.5) is 17.2 Å². The van der Waals surface area contributed by atoms with E-state index < -0.39 is 12.0 Å². The molecule has 13 nitrogen and oxygen atoms in total. The summed E-state index contributed by atoms with van der Waals surface area (Å²) in [5.41, 5.74) is 0.694. The Morgan fingerprint density at radius 3 is 2.61 bits per heavy atom. The van der Waals surface area contributed by atoms with Gasteiger partial charge in [0.15, 0.2) is 0 Å². The van der Waals surface area contributed by atoms with E-state index in [0.717, 1.165) is 19.0 Å². The second-order valence-electron chi connectivity index (χ2n) is 8.49. The molecule has 0 unspecified atom stereocenters. The SMILES string of the molecule is CCn1ccc2c(c(Nc3cc(NC(=O)C4CC4)ncc3C(=O)NC(O)(O)O)cn2CCOC)c1=O. The Hall–Kier alpha value is -3.78. The van der Waals surface area contributed by atoms with Crippen molar-refractivity contribution in [3.05, 3.63) is 46.6 Å². The van der Waals surface area contributed by atoms with E-state index in [0.29, 0.717) is 36.3 Å². The van der Waals surface area contributed by atoms with Crippen molar-refractivity contribution in [2.45, 2.75) is 39.0 Å². The maximum atomic E-state index is 13.2. The summed E-state index contributed by atoms with van der Waals surface area (Å²) in [5, 5.41) is 35.4. The van der Waals surface area contributed by atoms with E-state index in [1.165, 1.54) is 10.6 Å². The molecule has 0 aromatic carbocycles. The Kier molecular flexibility index (Phi) is 7.08. The average Bonchev–Trinajstić information content (AvgIpc) is 3.60. The number of hydrogen-bond donors (Lipinski definition) is 6. The molecule has 0 radical (unpaired) electrons. The third-order valence-corrected chi connectivity index (χ3v) is 5.78. The second-order valence-corrected chi connectivity index (χ2v) is 8.49. The van der Waals surface area contributed by atoms with Gasteiger partial charge in [0.1, 0.15) is 5.82 Å². The summed E-state index contributed by atoms with van der Waals surface area (Å²) >= 11 is 0. The molecule has 6 N–H and O–H groups in total. The number of carbonyl (C=O) groups is 2. The highest BCUT2D eigenvalue weighted by atomic mass is 16.7. The lowest BCUT2D eigenvalue weighted by Gasteiger charge is -2.18. The lowest BCUT2D eigenvalue weighted by atomic mass is 10.2. The molecule has 1 aliphatic rings. The zero-order valence-electron chi connectivity index (χ0n) is 19.8. The molecule has 1 fully saturated rings. The number of methoxy groups -OCH3 is 1. The minimum absolute atomic E-state index is 0.0868. The van der Waals surface area contributed by atoms with Crippen LogP contribution in [0.15, 0.2) is 35.5 Å². The van der Waals surface area contributed by atoms with Crippen LogP contribution in [0.2, 0.25) is 0 Å². The zero-order valence-corrected chi connectivity index (χ0v) is 19.8.